The molecule has 0 bridgehead atoms. The van der Waals surface area contributed by atoms with Crippen LogP contribution in [-0.4, -0.2) is 23.9 Å². The van der Waals surface area contributed by atoms with Gasteiger partial charge in [-0.1, -0.05) is 28.1 Å². The molecule has 0 N–H and O–H groups in total. The molecule has 102 valence electrons. The lowest BCUT2D eigenvalue weighted by molar-refractivity contribution is 0.0746. The Morgan fingerprint density at radius 3 is 2.65 bits per heavy atom. The molecule has 0 saturated heterocycles. The van der Waals surface area contributed by atoms with Crippen LogP contribution in [0.25, 0.3) is 10.8 Å². The Morgan fingerprint density at radius 2 is 1.95 bits per heavy atom. The van der Waals surface area contributed by atoms with E-state index in [1.807, 2.05) is 43.3 Å². The van der Waals surface area contributed by atoms with E-state index in [9.17, 15) is 4.79 Å². The highest BCUT2D eigenvalue weighted by atomic mass is 79.9. The molecule has 2 aromatic carbocycles. The number of halogens is 1. The van der Waals surface area contributed by atoms with Crippen LogP contribution in [0, 0.1) is 11.3 Å². The molecule has 0 spiro atoms. The van der Waals surface area contributed by atoms with Gasteiger partial charge in [0.2, 0.25) is 0 Å². The zero-order valence-electron chi connectivity index (χ0n) is 11.4. The summed E-state index contributed by atoms with van der Waals surface area (Å²) < 4.78 is 1.02. The first-order valence-corrected chi connectivity index (χ1v) is 7.15. The summed E-state index contributed by atoms with van der Waals surface area (Å²) in [6.45, 7) is 1.87. The maximum atomic E-state index is 12.4. The second kappa shape index (κ2) is 6.06. The number of amides is 1. The fraction of sp³-hybridized carbons (Fsp3) is 0.250. The summed E-state index contributed by atoms with van der Waals surface area (Å²) in [4.78, 5) is 14.0. The molecule has 2 aromatic rings. The van der Waals surface area contributed by atoms with Crippen molar-refractivity contribution in [2.24, 2.45) is 0 Å². The van der Waals surface area contributed by atoms with Crippen LogP contribution in [0.15, 0.2) is 40.9 Å². The standard InChI is InChI=1S/C16H15BrN2O/c1-11(7-8-18)19(2)16(20)14-4-3-13-10-15(17)6-5-12(13)9-14/h3-6,9-11H,7H2,1-2H3. The Bertz CT molecular complexity index is 690. The van der Waals surface area contributed by atoms with Gasteiger partial charge in [-0.05, 0) is 42.0 Å². The molecule has 4 heteroatoms. The summed E-state index contributed by atoms with van der Waals surface area (Å²) in [5.74, 6) is -0.0578. The van der Waals surface area contributed by atoms with E-state index >= 15 is 0 Å². The minimum Gasteiger partial charge on any atom is -0.338 e. The van der Waals surface area contributed by atoms with Crippen molar-refractivity contribution < 1.29 is 4.79 Å². The number of rotatable bonds is 3. The molecule has 0 aliphatic rings. The SMILES string of the molecule is CC(CC#N)N(C)C(=O)c1ccc2cc(Br)ccc2c1. The van der Waals surface area contributed by atoms with Crippen molar-refractivity contribution in [3.05, 3.63) is 46.4 Å². The summed E-state index contributed by atoms with van der Waals surface area (Å²) in [6.07, 6.45) is 0.336. The zero-order valence-corrected chi connectivity index (χ0v) is 13.0. The van der Waals surface area contributed by atoms with E-state index in [1.54, 1.807) is 11.9 Å². The molecular formula is C16H15BrN2O. The minimum absolute atomic E-state index is 0.0578. The Balaban J connectivity index is 2.31. The number of hydrogen-bond acceptors (Lipinski definition) is 2. The Labute approximate surface area is 126 Å². The van der Waals surface area contributed by atoms with Gasteiger partial charge in [-0.15, -0.1) is 0 Å². The molecule has 1 unspecified atom stereocenters. The molecule has 0 aliphatic heterocycles. The number of carbonyl (C=O) groups is 1. The molecule has 20 heavy (non-hydrogen) atoms. The Hall–Kier alpha value is -1.86. The van der Waals surface area contributed by atoms with Crippen molar-refractivity contribution in [1.29, 1.82) is 5.26 Å². The van der Waals surface area contributed by atoms with Crippen LogP contribution in [-0.2, 0) is 0 Å². The molecule has 3 nitrogen and oxygen atoms in total. The molecule has 0 radical (unpaired) electrons. The molecular weight excluding hydrogens is 316 g/mol. The first-order valence-electron chi connectivity index (χ1n) is 6.36. The number of nitrogens with zero attached hydrogens (tertiary/aromatic N) is 2. The highest BCUT2D eigenvalue weighted by Gasteiger charge is 2.17. The molecule has 2 rings (SSSR count). The predicted octanol–water partition coefficient (Wildman–Crippen LogP) is 3.98. The van der Waals surface area contributed by atoms with E-state index in [0.29, 0.717) is 12.0 Å². The maximum absolute atomic E-state index is 12.4. The van der Waals surface area contributed by atoms with Crippen LogP contribution < -0.4 is 0 Å². The van der Waals surface area contributed by atoms with Crippen LogP contribution in [0.4, 0.5) is 0 Å². The van der Waals surface area contributed by atoms with E-state index in [2.05, 4.69) is 22.0 Å². The lowest BCUT2D eigenvalue weighted by Crippen LogP contribution is -2.34. The van der Waals surface area contributed by atoms with Gasteiger partial charge in [-0.2, -0.15) is 5.26 Å². The van der Waals surface area contributed by atoms with Crippen LogP contribution in [0.5, 0.6) is 0 Å². The van der Waals surface area contributed by atoms with E-state index in [4.69, 9.17) is 5.26 Å². The highest BCUT2D eigenvalue weighted by molar-refractivity contribution is 9.10. The Kier molecular flexibility index (Phi) is 4.41. The van der Waals surface area contributed by atoms with Crippen LogP contribution in [0.2, 0.25) is 0 Å². The summed E-state index contributed by atoms with van der Waals surface area (Å²) >= 11 is 3.43. The Morgan fingerprint density at radius 1 is 1.30 bits per heavy atom. The predicted molar refractivity (Wildman–Crippen MR) is 83.4 cm³/mol. The number of benzene rings is 2. The van der Waals surface area contributed by atoms with Gasteiger partial charge in [0.25, 0.3) is 5.91 Å². The third kappa shape index (κ3) is 3.00. The van der Waals surface area contributed by atoms with E-state index in [0.717, 1.165) is 15.2 Å². The molecule has 0 heterocycles. The molecule has 0 saturated carbocycles. The second-order valence-electron chi connectivity index (χ2n) is 4.83. The van der Waals surface area contributed by atoms with Crippen LogP contribution in [0.1, 0.15) is 23.7 Å². The molecule has 1 amide bonds. The van der Waals surface area contributed by atoms with Crippen LogP contribution in [0.3, 0.4) is 0 Å². The van der Waals surface area contributed by atoms with Gasteiger partial charge in [-0.25, -0.2) is 0 Å². The zero-order chi connectivity index (χ0) is 14.7. The van der Waals surface area contributed by atoms with Crippen molar-refractivity contribution >= 4 is 32.6 Å². The van der Waals surface area contributed by atoms with Crippen molar-refractivity contribution in [2.45, 2.75) is 19.4 Å². The summed E-state index contributed by atoms with van der Waals surface area (Å²) in [5, 5.41) is 10.8. The average Bonchev–Trinajstić information content (AvgIpc) is 2.45. The maximum Gasteiger partial charge on any atom is 0.253 e. The minimum atomic E-state index is -0.0897. The first kappa shape index (κ1) is 14.5. The lowest BCUT2D eigenvalue weighted by Gasteiger charge is -2.23. The summed E-state index contributed by atoms with van der Waals surface area (Å²) in [5.41, 5.74) is 0.645. The van der Waals surface area contributed by atoms with Gasteiger partial charge in [0, 0.05) is 23.1 Å². The number of hydrogen-bond donors (Lipinski definition) is 0. The quantitative estimate of drug-likeness (QED) is 0.854. The van der Waals surface area contributed by atoms with E-state index in [1.165, 1.54) is 0 Å². The van der Waals surface area contributed by atoms with Gasteiger partial charge in [0.05, 0.1) is 12.5 Å². The summed E-state index contributed by atoms with van der Waals surface area (Å²) in [6, 6.07) is 13.6. The third-order valence-corrected chi connectivity index (χ3v) is 3.91. The number of fused-ring (bicyclic) bond motifs is 1. The number of nitriles is 1. The van der Waals surface area contributed by atoms with Gasteiger partial charge in [0.15, 0.2) is 0 Å². The lowest BCUT2D eigenvalue weighted by atomic mass is 10.1. The normalized spacial score (nSPS) is 11.9. The smallest absolute Gasteiger partial charge is 0.253 e. The second-order valence-corrected chi connectivity index (χ2v) is 5.75. The summed E-state index contributed by atoms with van der Waals surface area (Å²) in [7, 11) is 1.73. The van der Waals surface area contributed by atoms with E-state index in [-0.39, 0.29) is 11.9 Å². The number of carbonyl (C=O) groups excluding carboxylic acids is 1. The molecule has 0 aromatic heterocycles. The fourth-order valence-electron chi connectivity index (χ4n) is 2.02. The monoisotopic (exact) mass is 330 g/mol. The van der Waals surface area contributed by atoms with Crippen molar-refractivity contribution in [3.8, 4) is 6.07 Å². The van der Waals surface area contributed by atoms with Crippen molar-refractivity contribution in [2.75, 3.05) is 7.05 Å². The molecule has 1 atom stereocenters. The first-order chi connectivity index (χ1) is 9.52. The van der Waals surface area contributed by atoms with Gasteiger partial charge in [-0.3, -0.25) is 4.79 Å². The van der Waals surface area contributed by atoms with Crippen LogP contribution >= 0.6 is 15.9 Å². The topological polar surface area (TPSA) is 44.1 Å². The van der Waals surface area contributed by atoms with Crippen molar-refractivity contribution in [1.82, 2.24) is 4.90 Å². The molecule has 0 aliphatic carbocycles. The van der Waals surface area contributed by atoms with Crippen molar-refractivity contribution in [3.63, 3.8) is 0 Å². The highest BCUT2D eigenvalue weighted by Crippen LogP contribution is 2.21. The average molecular weight is 331 g/mol. The van der Waals surface area contributed by atoms with Gasteiger partial charge in [0.1, 0.15) is 0 Å². The molecule has 0 fully saturated rings. The van der Waals surface area contributed by atoms with Gasteiger partial charge < -0.3 is 4.90 Å². The van der Waals surface area contributed by atoms with Gasteiger partial charge >= 0.3 is 0 Å². The third-order valence-electron chi connectivity index (χ3n) is 3.42. The largest absolute Gasteiger partial charge is 0.338 e. The van der Waals surface area contributed by atoms with E-state index < -0.39 is 0 Å². The fourth-order valence-corrected chi connectivity index (χ4v) is 2.40.